The molecule has 3 rings (SSSR count). The number of sulfone groups is 1. The molecule has 0 unspecified atom stereocenters. The largest absolute Gasteiger partial charge is 0.411 e. The third-order valence-corrected chi connectivity index (χ3v) is 5.44. The van der Waals surface area contributed by atoms with Gasteiger partial charge in [0.05, 0.1) is 14.7 Å². The van der Waals surface area contributed by atoms with Crippen LogP contribution in [-0.2, 0) is 9.84 Å². The summed E-state index contributed by atoms with van der Waals surface area (Å²) in [6, 6.07) is 11.2. The van der Waals surface area contributed by atoms with Gasteiger partial charge in [-0.05, 0) is 43.0 Å². The van der Waals surface area contributed by atoms with Gasteiger partial charge in [-0.3, -0.25) is 10.1 Å². The third kappa shape index (κ3) is 3.92. The number of hydrogen-bond acceptors (Lipinski definition) is 8. The van der Waals surface area contributed by atoms with Crippen molar-refractivity contribution in [3.8, 4) is 11.5 Å². The first-order valence-corrected chi connectivity index (χ1v) is 10.0. The zero-order chi connectivity index (χ0) is 18.9. The number of aromatic nitrogens is 2. The van der Waals surface area contributed by atoms with Gasteiger partial charge >= 0.3 is 0 Å². The summed E-state index contributed by atoms with van der Waals surface area (Å²) in [4.78, 5) is 10.7. The predicted molar refractivity (Wildman–Crippen MR) is 94.8 cm³/mol. The lowest BCUT2D eigenvalue weighted by Crippen LogP contribution is -1.99. The second kappa shape index (κ2) is 6.89. The Morgan fingerprint density at radius 3 is 2.58 bits per heavy atom. The summed E-state index contributed by atoms with van der Waals surface area (Å²) in [5.74, 6) is 0.298. The van der Waals surface area contributed by atoms with E-state index < -0.39 is 14.8 Å². The highest BCUT2D eigenvalue weighted by atomic mass is 32.2. The Morgan fingerprint density at radius 2 is 1.92 bits per heavy atom. The van der Waals surface area contributed by atoms with E-state index in [0.29, 0.717) is 5.89 Å². The molecule has 0 saturated heterocycles. The first-order valence-electron chi connectivity index (χ1n) is 7.31. The second-order valence-corrected chi connectivity index (χ2v) is 8.51. The fourth-order valence-electron chi connectivity index (χ4n) is 2.20. The molecule has 0 saturated carbocycles. The SMILES string of the molecule is Cc1cccc(-c2nnc(Sc3ccc(S(C)(=O)=O)cc3[N+](=O)[O-])o2)c1. The number of hydrogen-bond donors (Lipinski definition) is 0. The highest BCUT2D eigenvalue weighted by Crippen LogP contribution is 2.36. The molecule has 10 heteroatoms. The second-order valence-electron chi connectivity index (χ2n) is 5.50. The number of nitro benzene ring substituents is 1. The molecule has 1 aromatic heterocycles. The van der Waals surface area contributed by atoms with E-state index in [0.717, 1.165) is 35.2 Å². The van der Waals surface area contributed by atoms with Crippen LogP contribution in [0, 0.1) is 17.0 Å². The number of benzene rings is 2. The molecule has 0 aliphatic heterocycles. The molecule has 0 aliphatic carbocycles. The highest BCUT2D eigenvalue weighted by molar-refractivity contribution is 7.99. The highest BCUT2D eigenvalue weighted by Gasteiger charge is 2.21. The smallest absolute Gasteiger partial charge is 0.284 e. The Hall–Kier alpha value is -2.72. The van der Waals surface area contributed by atoms with Crippen molar-refractivity contribution in [1.82, 2.24) is 10.2 Å². The fraction of sp³-hybridized carbons (Fsp3) is 0.125. The van der Waals surface area contributed by atoms with Gasteiger partial charge < -0.3 is 4.42 Å². The van der Waals surface area contributed by atoms with Crippen molar-refractivity contribution in [2.24, 2.45) is 0 Å². The van der Waals surface area contributed by atoms with Gasteiger partial charge in [0, 0.05) is 17.9 Å². The minimum absolute atomic E-state index is 0.122. The Balaban J connectivity index is 1.93. The van der Waals surface area contributed by atoms with Crippen LogP contribution in [0.25, 0.3) is 11.5 Å². The Kier molecular flexibility index (Phi) is 4.79. The van der Waals surface area contributed by atoms with Crippen LogP contribution in [0.2, 0.25) is 0 Å². The van der Waals surface area contributed by atoms with Gasteiger partial charge in [0.2, 0.25) is 5.89 Å². The van der Waals surface area contributed by atoms with Gasteiger partial charge in [0.25, 0.3) is 10.9 Å². The molecule has 0 atom stereocenters. The molecule has 8 nitrogen and oxygen atoms in total. The summed E-state index contributed by atoms with van der Waals surface area (Å²) in [6.45, 7) is 1.93. The molecular weight excluding hydrogens is 378 g/mol. The summed E-state index contributed by atoms with van der Waals surface area (Å²) in [6.07, 6.45) is 0.991. The average molecular weight is 391 g/mol. The maximum atomic E-state index is 11.6. The maximum Gasteiger partial charge on any atom is 0.284 e. The molecule has 0 radical (unpaired) electrons. The van der Waals surface area contributed by atoms with E-state index in [4.69, 9.17) is 4.42 Å². The van der Waals surface area contributed by atoms with E-state index in [2.05, 4.69) is 10.2 Å². The van der Waals surface area contributed by atoms with Crippen LogP contribution >= 0.6 is 11.8 Å². The van der Waals surface area contributed by atoms with Gasteiger partial charge in [-0.2, -0.15) is 0 Å². The number of aryl methyl sites for hydroxylation is 1. The summed E-state index contributed by atoms with van der Waals surface area (Å²) in [5.41, 5.74) is 1.43. The van der Waals surface area contributed by atoms with Gasteiger partial charge in [-0.15, -0.1) is 10.2 Å². The summed E-state index contributed by atoms with van der Waals surface area (Å²) in [5, 5.41) is 19.3. The minimum Gasteiger partial charge on any atom is -0.411 e. The molecule has 0 amide bonds. The van der Waals surface area contributed by atoms with Crippen molar-refractivity contribution in [3.05, 3.63) is 58.1 Å². The zero-order valence-corrected chi connectivity index (χ0v) is 15.4. The van der Waals surface area contributed by atoms with E-state index in [1.165, 1.54) is 12.1 Å². The quantitative estimate of drug-likeness (QED) is 0.479. The third-order valence-electron chi connectivity index (χ3n) is 3.42. The lowest BCUT2D eigenvalue weighted by atomic mass is 10.1. The summed E-state index contributed by atoms with van der Waals surface area (Å²) >= 11 is 0.905. The van der Waals surface area contributed by atoms with Crippen LogP contribution in [0.5, 0.6) is 0 Å². The lowest BCUT2D eigenvalue weighted by Gasteiger charge is -2.02. The molecule has 2 aromatic carbocycles. The Labute approximate surface area is 153 Å². The molecule has 0 bridgehead atoms. The van der Waals surface area contributed by atoms with Gasteiger partial charge in [0.1, 0.15) is 0 Å². The molecular formula is C16H13N3O5S2. The summed E-state index contributed by atoms with van der Waals surface area (Å²) < 4.78 is 28.8. The van der Waals surface area contributed by atoms with Crippen LogP contribution in [-0.4, -0.2) is 29.8 Å². The standard InChI is InChI=1S/C16H13N3O5S2/c1-10-4-3-5-11(8-10)15-17-18-16(24-15)25-14-7-6-12(26(2,22)23)9-13(14)19(20)21/h3-9H,1-2H3. The van der Waals surface area contributed by atoms with E-state index in [1.807, 2.05) is 31.2 Å². The Morgan fingerprint density at radius 1 is 1.15 bits per heavy atom. The topological polar surface area (TPSA) is 116 Å². The van der Waals surface area contributed by atoms with Crippen molar-refractivity contribution in [1.29, 1.82) is 0 Å². The summed E-state index contributed by atoms with van der Waals surface area (Å²) in [7, 11) is -3.55. The van der Waals surface area contributed by atoms with Crippen LogP contribution in [0.15, 0.2) is 61.9 Å². The van der Waals surface area contributed by atoms with Crippen molar-refractivity contribution < 1.29 is 17.8 Å². The molecule has 26 heavy (non-hydrogen) atoms. The lowest BCUT2D eigenvalue weighted by molar-refractivity contribution is -0.388. The molecule has 1 heterocycles. The van der Waals surface area contributed by atoms with Gasteiger partial charge in [0.15, 0.2) is 9.84 Å². The molecule has 0 N–H and O–H groups in total. The molecule has 0 spiro atoms. The van der Waals surface area contributed by atoms with Crippen LogP contribution in [0.3, 0.4) is 0 Å². The maximum absolute atomic E-state index is 11.6. The van der Waals surface area contributed by atoms with E-state index >= 15 is 0 Å². The van der Waals surface area contributed by atoms with Crippen LogP contribution < -0.4 is 0 Å². The van der Waals surface area contributed by atoms with Crippen LogP contribution in [0.4, 0.5) is 5.69 Å². The predicted octanol–water partition coefficient (Wildman–Crippen LogP) is 3.51. The van der Waals surface area contributed by atoms with Crippen molar-refractivity contribution in [2.45, 2.75) is 21.9 Å². The van der Waals surface area contributed by atoms with E-state index in [1.54, 1.807) is 0 Å². The first kappa shape index (κ1) is 18.1. The normalized spacial score (nSPS) is 11.5. The molecule has 134 valence electrons. The number of nitrogens with zero attached hydrogens (tertiary/aromatic N) is 3. The number of rotatable bonds is 5. The zero-order valence-electron chi connectivity index (χ0n) is 13.7. The van der Waals surface area contributed by atoms with Crippen molar-refractivity contribution in [2.75, 3.05) is 6.26 Å². The first-order chi connectivity index (χ1) is 12.2. The minimum atomic E-state index is -3.55. The monoisotopic (exact) mass is 391 g/mol. The van der Waals surface area contributed by atoms with E-state index in [-0.39, 0.29) is 20.7 Å². The Bertz CT molecular complexity index is 1090. The average Bonchev–Trinajstić information content (AvgIpc) is 3.02. The van der Waals surface area contributed by atoms with Gasteiger partial charge in [-0.1, -0.05) is 17.7 Å². The molecule has 3 aromatic rings. The molecule has 0 fully saturated rings. The van der Waals surface area contributed by atoms with Crippen molar-refractivity contribution >= 4 is 27.3 Å². The van der Waals surface area contributed by atoms with Crippen molar-refractivity contribution in [3.63, 3.8) is 0 Å². The van der Waals surface area contributed by atoms with Crippen LogP contribution in [0.1, 0.15) is 5.56 Å². The number of nitro groups is 1. The van der Waals surface area contributed by atoms with Gasteiger partial charge in [-0.25, -0.2) is 8.42 Å². The van der Waals surface area contributed by atoms with E-state index in [9.17, 15) is 18.5 Å². The fourth-order valence-corrected chi connectivity index (χ4v) is 3.60. The molecule has 0 aliphatic rings.